The van der Waals surface area contributed by atoms with Crippen molar-refractivity contribution in [2.75, 3.05) is 6.54 Å². The van der Waals surface area contributed by atoms with Gasteiger partial charge in [0, 0.05) is 24.8 Å². The minimum Gasteiger partial charge on any atom is -0.337 e. The number of rotatable bonds is 4. The Morgan fingerprint density at radius 3 is 2.81 bits per heavy atom. The minimum absolute atomic E-state index is 0.0882. The van der Waals surface area contributed by atoms with Crippen LogP contribution in [0.3, 0.4) is 0 Å². The van der Waals surface area contributed by atoms with Gasteiger partial charge in [0.05, 0.1) is 0 Å². The maximum Gasteiger partial charge on any atom is 0.275 e. The Morgan fingerprint density at radius 2 is 2.08 bits per heavy atom. The molecule has 3 aromatic rings. The number of amides is 1. The van der Waals surface area contributed by atoms with Gasteiger partial charge >= 0.3 is 0 Å². The van der Waals surface area contributed by atoms with Gasteiger partial charge in [-0.15, -0.1) is 0 Å². The molecule has 1 aliphatic rings. The number of benzene rings is 1. The van der Waals surface area contributed by atoms with Gasteiger partial charge in [0.2, 0.25) is 11.7 Å². The van der Waals surface area contributed by atoms with Gasteiger partial charge in [0.15, 0.2) is 0 Å². The van der Waals surface area contributed by atoms with Gasteiger partial charge in [-0.1, -0.05) is 35.0 Å². The number of aryl methyl sites for hydroxylation is 2. The van der Waals surface area contributed by atoms with Crippen LogP contribution >= 0.6 is 0 Å². The Bertz CT molecular complexity index is 912. The Hall–Kier alpha value is -2.96. The zero-order chi connectivity index (χ0) is 18.1. The highest BCUT2D eigenvalue weighted by Crippen LogP contribution is 2.33. The molecule has 1 fully saturated rings. The van der Waals surface area contributed by atoms with E-state index in [0.29, 0.717) is 24.0 Å². The molecule has 2 aromatic heterocycles. The van der Waals surface area contributed by atoms with Crippen molar-refractivity contribution >= 4 is 5.91 Å². The molecule has 26 heavy (non-hydrogen) atoms. The maximum atomic E-state index is 12.8. The number of aromatic nitrogens is 4. The van der Waals surface area contributed by atoms with Crippen molar-refractivity contribution in [2.24, 2.45) is 0 Å². The molecule has 3 heterocycles. The maximum absolute atomic E-state index is 12.8. The van der Waals surface area contributed by atoms with Crippen LogP contribution < -0.4 is 0 Å². The lowest BCUT2D eigenvalue weighted by molar-refractivity contribution is 0.0703. The van der Waals surface area contributed by atoms with E-state index in [1.54, 1.807) is 15.6 Å². The van der Waals surface area contributed by atoms with E-state index in [1.807, 2.05) is 44.3 Å². The van der Waals surface area contributed by atoms with E-state index in [2.05, 4.69) is 15.2 Å². The van der Waals surface area contributed by atoms with Gasteiger partial charge in [0.1, 0.15) is 11.7 Å². The zero-order valence-electron chi connectivity index (χ0n) is 14.9. The highest BCUT2D eigenvalue weighted by Gasteiger charge is 2.35. The predicted molar refractivity (Wildman–Crippen MR) is 95.4 cm³/mol. The highest BCUT2D eigenvalue weighted by atomic mass is 16.5. The molecule has 0 aliphatic carbocycles. The molecule has 1 aliphatic heterocycles. The van der Waals surface area contributed by atoms with Crippen molar-refractivity contribution < 1.29 is 9.32 Å². The van der Waals surface area contributed by atoms with E-state index in [0.717, 1.165) is 24.9 Å². The van der Waals surface area contributed by atoms with Crippen LogP contribution in [-0.2, 0) is 6.54 Å². The van der Waals surface area contributed by atoms with E-state index < -0.39 is 0 Å². The minimum atomic E-state index is -0.194. The third kappa shape index (κ3) is 3.00. The van der Waals surface area contributed by atoms with Crippen molar-refractivity contribution in [1.82, 2.24) is 24.8 Å². The van der Waals surface area contributed by atoms with Crippen LogP contribution in [0.1, 0.15) is 47.7 Å². The van der Waals surface area contributed by atoms with Crippen LogP contribution in [0.5, 0.6) is 0 Å². The van der Waals surface area contributed by atoms with E-state index in [9.17, 15) is 4.79 Å². The molecule has 1 aromatic carbocycles. The third-order valence-corrected chi connectivity index (χ3v) is 4.73. The number of nitrogens with zero attached hydrogens (tertiary/aromatic N) is 5. The molecule has 1 amide bonds. The van der Waals surface area contributed by atoms with Crippen LogP contribution in [0, 0.1) is 6.92 Å². The molecule has 7 nitrogen and oxygen atoms in total. The summed E-state index contributed by atoms with van der Waals surface area (Å²) in [7, 11) is 0. The van der Waals surface area contributed by atoms with Crippen molar-refractivity contribution in [2.45, 2.75) is 39.3 Å². The molecule has 0 saturated carbocycles. The summed E-state index contributed by atoms with van der Waals surface area (Å²) in [5.74, 6) is 0.950. The van der Waals surface area contributed by atoms with Crippen LogP contribution in [0.15, 0.2) is 41.1 Å². The quantitative estimate of drug-likeness (QED) is 0.721. The van der Waals surface area contributed by atoms with Crippen LogP contribution in [0.2, 0.25) is 0 Å². The van der Waals surface area contributed by atoms with E-state index >= 15 is 0 Å². The second-order valence-corrected chi connectivity index (χ2v) is 6.54. The standard InChI is InChI=1S/C19H21N5O2/c1-3-23-12-10-15(21-23)19(25)24-11-4-5-16(24)18-20-17(22-26-18)14-8-6-13(2)7-9-14/h6-10,12,16H,3-5,11H2,1-2H3/t16-/m0/s1. The summed E-state index contributed by atoms with van der Waals surface area (Å²) in [6, 6.07) is 9.53. The van der Waals surface area contributed by atoms with E-state index in [1.165, 1.54) is 5.56 Å². The summed E-state index contributed by atoms with van der Waals surface area (Å²) in [6.45, 7) is 5.43. The molecule has 134 valence electrons. The van der Waals surface area contributed by atoms with Crippen LogP contribution in [-0.4, -0.2) is 37.3 Å². The first kappa shape index (κ1) is 16.5. The van der Waals surface area contributed by atoms with E-state index in [4.69, 9.17) is 4.52 Å². The third-order valence-electron chi connectivity index (χ3n) is 4.73. The van der Waals surface area contributed by atoms with Crippen molar-refractivity contribution in [3.8, 4) is 11.4 Å². The lowest BCUT2D eigenvalue weighted by Crippen LogP contribution is -2.31. The molecule has 1 saturated heterocycles. The fraction of sp³-hybridized carbons (Fsp3) is 0.368. The zero-order valence-corrected chi connectivity index (χ0v) is 14.9. The Labute approximate surface area is 151 Å². The van der Waals surface area contributed by atoms with Crippen LogP contribution in [0.25, 0.3) is 11.4 Å². The summed E-state index contributed by atoms with van der Waals surface area (Å²) < 4.78 is 7.25. The average Bonchev–Trinajstić information content (AvgIpc) is 3.40. The summed E-state index contributed by atoms with van der Waals surface area (Å²) in [5.41, 5.74) is 2.54. The molecular formula is C19H21N5O2. The first-order valence-electron chi connectivity index (χ1n) is 8.91. The SMILES string of the molecule is CCn1ccc(C(=O)N2CCC[C@H]2c2nc(-c3ccc(C)cc3)no2)n1. The van der Waals surface area contributed by atoms with Gasteiger partial charge in [-0.25, -0.2) is 0 Å². The number of hydrogen-bond donors (Lipinski definition) is 0. The van der Waals surface area contributed by atoms with Crippen LogP contribution in [0.4, 0.5) is 0 Å². The fourth-order valence-corrected chi connectivity index (χ4v) is 3.26. The first-order valence-corrected chi connectivity index (χ1v) is 8.91. The molecule has 0 N–H and O–H groups in total. The van der Waals surface area contributed by atoms with Gasteiger partial charge in [-0.3, -0.25) is 9.48 Å². The second kappa shape index (κ2) is 6.74. The summed E-state index contributed by atoms with van der Waals surface area (Å²) in [5, 5.41) is 8.42. The Balaban J connectivity index is 1.57. The molecular weight excluding hydrogens is 330 g/mol. The average molecular weight is 351 g/mol. The van der Waals surface area contributed by atoms with Gasteiger partial charge in [-0.2, -0.15) is 10.1 Å². The number of hydrogen-bond acceptors (Lipinski definition) is 5. The summed E-state index contributed by atoms with van der Waals surface area (Å²) in [6.07, 6.45) is 3.55. The number of likely N-dealkylation sites (tertiary alicyclic amines) is 1. The molecule has 0 bridgehead atoms. The van der Waals surface area contributed by atoms with Crippen molar-refractivity contribution in [1.29, 1.82) is 0 Å². The topological polar surface area (TPSA) is 77.0 Å². The molecule has 0 spiro atoms. The lowest BCUT2D eigenvalue weighted by Gasteiger charge is -2.20. The first-order chi connectivity index (χ1) is 12.7. The van der Waals surface area contributed by atoms with Gasteiger partial charge in [-0.05, 0) is 32.8 Å². The van der Waals surface area contributed by atoms with Crippen molar-refractivity contribution in [3.05, 3.63) is 53.7 Å². The predicted octanol–water partition coefficient (Wildman–Crippen LogP) is 3.24. The second-order valence-electron chi connectivity index (χ2n) is 6.54. The smallest absolute Gasteiger partial charge is 0.275 e. The lowest BCUT2D eigenvalue weighted by atomic mass is 10.1. The molecule has 1 atom stereocenters. The Kier molecular flexibility index (Phi) is 4.28. The fourth-order valence-electron chi connectivity index (χ4n) is 3.26. The highest BCUT2D eigenvalue weighted by molar-refractivity contribution is 5.92. The Morgan fingerprint density at radius 1 is 1.27 bits per heavy atom. The normalized spacial score (nSPS) is 17.0. The molecule has 7 heteroatoms. The van der Waals surface area contributed by atoms with Gasteiger partial charge in [0.25, 0.3) is 5.91 Å². The largest absolute Gasteiger partial charge is 0.337 e. The molecule has 0 unspecified atom stereocenters. The number of carbonyl (C=O) groups is 1. The summed E-state index contributed by atoms with van der Waals surface area (Å²) >= 11 is 0. The monoisotopic (exact) mass is 351 g/mol. The number of carbonyl (C=O) groups excluding carboxylic acids is 1. The molecule has 4 rings (SSSR count). The van der Waals surface area contributed by atoms with Crippen molar-refractivity contribution in [3.63, 3.8) is 0 Å². The summed E-state index contributed by atoms with van der Waals surface area (Å²) in [4.78, 5) is 19.2. The molecule has 0 radical (unpaired) electrons. The van der Waals surface area contributed by atoms with Gasteiger partial charge < -0.3 is 9.42 Å². The van der Waals surface area contributed by atoms with E-state index in [-0.39, 0.29) is 11.9 Å².